The second-order valence-corrected chi connectivity index (χ2v) is 17.3. The lowest BCUT2D eigenvalue weighted by Gasteiger charge is -2.33. The van der Waals surface area contributed by atoms with Crippen LogP contribution in [-0.2, 0) is 15.7 Å². The van der Waals surface area contributed by atoms with Gasteiger partial charge in [0.25, 0.3) is 0 Å². The van der Waals surface area contributed by atoms with Crippen LogP contribution in [0.3, 0.4) is 0 Å². The number of anilines is 2. The van der Waals surface area contributed by atoms with Crippen LogP contribution >= 0.6 is 18.5 Å². The average molecular weight is 696 g/mol. The number of piperidine rings is 1. The van der Waals surface area contributed by atoms with Crippen LogP contribution in [-0.4, -0.2) is 81.8 Å². The number of hydrogen-bond acceptors (Lipinski definition) is 8. The number of benzene rings is 2. The van der Waals surface area contributed by atoms with Crippen molar-refractivity contribution in [3.8, 4) is 23.3 Å². The highest BCUT2D eigenvalue weighted by atomic mass is 32.1. The second kappa shape index (κ2) is 13.2. The number of nitrogens with zero attached hydrogens (tertiary/aromatic N) is 2. The first-order chi connectivity index (χ1) is 21.9. The molecular weight excluding hydrogens is 657 g/mol. The first kappa shape index (κ1) is 34.9. The predicted octanol–water partition coefficient (Wildman–Crippen LogP) is 7.23. The molecule has 2 aliphatic heterocycles. The lowest BCUT2D eigenvalue weighted by molar-refractivity contribution is -0.126. The molecule has 2 aromatic carbocycles. The largest absolute Gasteiger partial charge is 0.453 e. The van der Waals surface area contributed by atoms with E-state index in [1.54, 1.807) is 64.4 Å². The smallest absolute Gasteiger partial charge is 0.415 e. The molecule has 1 N–H and O–H groups in total. The molecule has 0 bridgehead atoms. The number of carbonyl (C=O) groups excluding carboxylic acids is 1. The summed E-state index contributed by atoms with van der Waals surface area (Å²) in [7, 11) is -0.928. The maximum absolute atomic E-state index is 14.9. The molecule has 8 nitrogen and oxygen atoms in total. The van der Waals surface area contributed by atoms with Crippen molar-refractivity contribution in [3.05, 3.63) is 40.8 Å². The van der Waals surface area contributed by atoms with Crippen molar-refractivity contribution in [1.82, 2.24) is 4.90 Å². The van der Waals surface area contributed by atoms with Gasteiger partial charge in [0.2, 0.25) is 6.79 Å². The van der Waals surface area contributed by atoms with Crippen molar-refractivity contribution in [3.63, 3.8) is 0 Å². The van der Waals surface area contributed by atoms with Crippen LogP contribution in [0.25, 0.3) is 10.1 Å². The summed E-state index contributed by atoms with van der Waals surface area (Å²) in [5.74, 6) is 6.23. The molecule has 0 spiro atoms. The Kier molecular flexibility index (Phi) is 9.80. The summed E-state index contributed by atoms with van der Waals surface area (Å²) >= 11 is 1.09. The van der Waals surface area contributed by atoms with Crippen LogP contribution in [0.2, 0.25) is 0 Å². The van der Waals surface area contributed by atoms with Crippen molar-refractivity contribution < 1.29 is 41.1 Å². The molecule has 254 valence electrons. The first-order valence-corrected chi connectivity index (χ1v) is 18.5. The van der Waals surface area contributed by atoms with Crippen molar-refractivity contribution >= 4 is 51.3 Å². The number of halogens is 4. The summed E-state index contributed by atoms with van der Waals surface area (Å²) in [6.07, 6.45) is -7.06. The summed E-state index contributed by atoms with van der Waals surface area (Å²) in [5.41, 5.74) is -0.0438. The predicted molar refractivity (Wildman–Crippen MR) is 178 cm³/mol. The summed E-state index contributed by atoms with van der Waals surface area (Å²) < 4.78 is 86.8. The number of amides is 1. The molecule has 14 heteroatoms. The SMILES string of the molecule is CN1CC[C@@H](Nc2cccc3c(CC(F)(F)F)c(C#CCN(C(=O)OC(C)(C)C)c4ccc(P(C)(C)=O)c5c4OCO5)sc23)[C@@H](F)C1. The minimum Gasteiger partial charge on any atom is -0.453 e. The van der Waals surface area contributed by atoms with E-state index in [1.807, 2.05) is 11.9 Å². The molecule has 0 saturated carbocycles. The highest BCUT2D eigenvalue weighted by Gasteiger charge is 2.34. The topological polar surface area (TPSA) is 80.3 Å². The highest BCUT2D eigenvalue weighted by Crippen LogP contribution is 2.48. The molecule has 47 heavy (non-hydrogen) atoms. The third-order valence-electron chi connectivity index (χ3n) is 7.68. The van der Waals surface area contributed by atoms with Gasteiger partial charge >= 0.3 is 12.3 Å². The Morgan fingerprint density at radius 3 is 2.55 bits per heavy atom. The zero-order chi connectivity index (χ0) is 34.3. The van der Waals surface area contributed by atoms with Crippen LogP contribution in [0.5, 0.6) is 11.5 Å². The van der Waals surface area contributed by atoms with E-state index in [2.05, 4.69) is 17.2 Å². The van der Waals surface area contributed by atoms with Crippen molar-refractivity contribution in [1.29, 1.82) is 0 Å². The number of carbonyl (C=O) groups is 1. The molecule has 3 aromatic rings. The molecule has 2 atom stereocenters. The molecule has 1 saturated heterocycles. The lowest BCUT2D eigenvalue weighted by atomic mass is 10.0. The number of hydrogen-bond donors (Lipinski definition) is 1. The fourth-order valence-corrected chi connectivity index (χ4v) is 7.81. The van der Waals surface area contributed by atoms with Gasteiger partial charge in [-0.05, 0) is 76.7 Å². The molecule has 1 fully saturated rings. The third-order valence-corrected chi connectivity index (χ3v) is 10.4. The third kappa shape index (κ3) is 8.16. The Hall–Kier alpha value is -3.46. The zero-order valence-corrected chi connectivity index (χ0v) is 28.8. The van der Waals surface area contributed by atoms with Gasteiger partial charge in [0.05, 0.1) is 45.3 Å². The monoisotopic (exact) mass is 695 g/mol. The number of likely N-dealkylation sites (tertiary alicyclic amines) is 1. The molecule has 1 aromatic heterocycles. The number of fused-ring (bicyclic) bond motifs is 2. The van der Waals surface area contributed by atoms with Crippen molar-refractivity contribution in [2.24, 2.45) is 0 Å². The van der Waals surface area contributed by atoms with E-state index in [-0.39, 0.29) is 47.5 Å². The molecule has 0 radical (unpaired) electrons. The Morgan fingerprint density at radius 1 is 1.17 bits per heavy atom. The van der Waals surface area contributed by atoms with Gasteiger partial charge in [0, 0.05) is 13.1 Å². The fraction of sp³-hybridized carbons (Fsp3) is 0.485. The molecule has 1 amide bonds. The van der Waals surface area contributed by atoms with E-state index in [1.165, 1.54) is 4.90 Å². The second-order valence-electron chi connectivity index (χ2n) is 13.1. The summed E-state index contributed by atoms with van der Waals surface area (Å²) in [4.78, 5) is 16.8. The quantitative estimate of drug-likeness (QED) is 0.166. The van der Waals surface area contributed by atoms with Gasteiger partial charge in [-0.3, -0.25) is 4.90 Å². The van der Waals surface area contributed by atoms with Gasteiger partial charge in [-0.2, -0.15) is 13.2 Å². The molecule has 5 rings (SSSR count). The van der Waals surface area contributed by atoms with Gasteiger partial charge in [-0.25, -0.2) is 9.18 Å². The fourth-order valence-electron chi connectivity index (χ4n) is 5.55. The van der Waals surface area contributed by atoms with Crippen LogP contribution in [0, 0.1) is 11.8 Å². The van der Waals surface area contributed by atoms with Gasteiger partial charge in [0.15, 0.2) is 11.5 Å². The van der Waals surface area contributed by atoms with Gasteiger partial charge in [0.1, 0.15) is 18.9 Å². The molecule has 0 unspecified atom stereocenters. The van der Waals surface area contributed by atoms with Crippen LogP contribution in [0.15, 0.2) is 30.3 Å². The maximum Gasteiger partial charge on any atom is 0.415 e. The van der Waals surface area contributed by atoms with E-state index in [4.69, 9.17) is 14.2 Å². The van der Waals surface area contributed by atoms with E-state index < -0.39 is 43.6 Å². The lowest BCUT2D eigenvalue weighted by Crippen LogP contribution is -2.46. The minimum atomic E-state index is -4.51. The minimum absolute atomic E-state index is 0.0151. The standard InChI is InChI=1S/C33H38F4N3O5PS/c1-32(2,3)45-31(41)40(25-12-13-26(46(5,6)42)29-28(25)43-19-44-29)15-8-11-27-21(17-33(35,36)37)20-9-7-10-24(30(20)47-27)38-23-14-16-39(4)18-22(23)34/h7,9-10,12-13,22-23,38H,14-19H2,1-6H3/t22-,23+/m0/s1. The maximum atomic E-state index is 14.9. The van der Waals surface area contributed by atoms with Crippen LogP contribution in [0.4, 0.5) is 33.7 Å². The van der Waals surface area contributed by atoms with Gasteiger partial charge in [-0.1, -0.05) is 24.0 Å². The van der Waals surface area contributed by atoms with Gasteiger partial charge in [-0.15, -0.1) is 11.3 Å². The Morgan fingerprint density at radius 2 is 1.89 bits per heavy atom. The number of rotatable bonds is 6. The van der Waals surface area contributed by atoms with Crippen molar-refractivity contribution in [2.75, 3.05) is 57.0 Å². The average Bonchev–Trinajstić information content (AvgIpc) is 3.56. The highest BCUT2D eigenvalue weighted by molar-refractivity contribution is 7.70. The molecule has 3 heterocycles. The van der Waals surface area contributed by atoms with E-state index in [9.17, 15) is 26.9 Å². The van der Waals surface area contributed by atoms with E-state index in [0.717, 1.165) is 11.3 Å². The number of alkyl halides is 4. The van der Waals surface area contributed by atoms with Gasteiger partial charge < -0.3 is 29.0 Å². The van der Waals surface area contributed by atoms with Crippen molar-refractivity contribution in [2.45, 2.75) is 57.6 Å². The number of thiophene rings is 1. The molecule has 0 aliphatic carbocycles. The molecular formula is C33H38F4N3O5PS. The Balaban J connectivity index is 1.53. The summed E-state index contributed by atoms with van der Waals surface area (Å²) in [6, 6.07) is 7.69. The number of nitrogens with one attached hydrogen (secondary N) is 1. The van der Waals surface area contributed by atoms with E-state index in [0.29, 0.717) is 34.0 Å². The normalized spacial score (nSPS) is 18.5. The van der Waals surface area contributed by atoms with E-state index >= 15 is 0 Å². The zero-order valence-electron chi connectivity index (χ0n) is 27.1. The Bertz CT molecular complexity index is 1770. The van der Waals surface area contributed by atoms with Crippen LogP contribution < -0.4 is 25.0 Å². The first-order valence-electron chi connectivity index (χ1n) is 15.1. The Labute approximate surface area is 275 Å². The summed E-state index contributed by atoms with van der Waals surface area (Å²) in [6.45, 7) is 8.85. The number of ether oxygens (including phenoxy) is 3. The van der Waals surface area contributed by atoms with Crippen LogP contribution in [0.1, 0.15) is 37.6 Å². The molecule has 2 aliphatic rings. The summed E-state index contributed by atoms with van der Waals surface area (Å²) in [5, 5.41) is 4.07.